The van der Waals surface area contributed by atoms with Crippen LogP contribution in [0.25, 0.3) is 11.0 Å². The van der Waals surface area contributed by atoms with Crippen LogP contribution in [-0.4, -0.2) is 45.5 Å². The zero-order valence-electron chi connectivity index (χ0n) is 16.0. The summed E-state index contributed by atoms with van der Waals surface area (Å²) in [6.07, 6.45) is 1.09. The number of benzene rings is 2. The summed E-state index contributed by atoms with van der Waals surface area (Å²) >= 11 is 6.18. The zero-order chi connectivity index (χ0) is 21.3. The number of rotatable bonds is 5. The number of nitrogens with zero attached hydrogens (tertiary/aromatic N) is 1. The molecule has 2 aromatic carbocycles. The van der Waals surface area contributed by atoms with Crippen LogP contribution in [0.3, 0.4) is 0 Å². The quantitative estimate of drug-likeness (QED) is 0.661. The number of furan rings is 1. The molecule has 0 spiro atoms. The lowest BCUT2D eigenvalue weighted by atomic mass is 10.1. The van der Waals surface area contributed by atoms with E-state index >= 15 is 0 Å². The van der Waals surface area contributed by atoms with Crippen LogP contribution in [0.1, 0.15) is 26.5 Å². The van der Waals surface area contributed by atoms with Crippen LogP contribution in [0.2, 0.25) is 5.02 Å². The number of hydrogen-bond donors (Lipinski definition) is 1. The standard InChI is InChI=1S/C20H19ClN2O5S/c1-23(2)20(25)14-9-8-12(10-16(14)21)22-19(24)18-15(11-29(3,26)27)13-6-4-5-7-17(13)28-18/h4-10H,11H2,1-3H3,(H,22,24). The molecule has 0 radical (unpaired) electrons. The van der Waals surface area contributed by atoms with E-state index in [1.54, 1.807) is 44.4 Å². The maximum atomic E-state index is 12.8. The molecule has 0 aliphatic heterocycles. The van der Waals surface area contributed by atoms with E-state index in [2.05, 4.69) is 5.32 Å². The molecule has 1 aromatic heterocycles. The Bertz CT molecular complexity index is 1210. The van der Waals surface area contributed by atoms with Gasteiger partial charge in [0.2, 0.25) is 0 Å². The van der Waals surface area contributed by atoms with Crippen LogP contribution in [0.4, 0.5) is 5.69 Å². The van der Waals surface area contributed by atoms with Crippen molar-refractivity contribution < 1.29 is 22.4 Å². The van der Waals surface area contributed by atoms with Crippen molar-refractivity contribution in [2.75, 3.05) is 25.7 Å². The number of amides is 2. The van der Waals surface area contributed by atoms with Crippen molar-refractivity contribution in [3.63, 3.8) is 0 Å². The molecule has 7 nitrogen and oxygen atoms in total. The first-order chi connectivity index (χ1) is 13.6. The van der Waals surface area contributed by atoms with Gasteiger partial charge in [-0.3, -0.25) is 9.59 Å². The highest BCUT2D eigenvalue weighted by Crippen LogP contribution is 2.29. The molecule has 0 aliphatic carbocycles. The maximum absolute atomic E-state index is 12.8. The minimum atomic E-state index is -3.40. The highest BCUT2D eigenvalue weighted by molar-refractivity contribution is 7.89. The molecule has 3 aromatic rings. The fraction of sp³-hybridized carbons (Fsp3) is 0.200. The minimum Gasteiger partial charge on any atom is -0.451 e. The first-order valence-electron chi connectivity index (χ1n) is 8.57. The number of sulfone groups is 1. The van der Waals surface area contributed by atoms with E-state index in [9.17, 15) is 18.0 Å². The summed E-state index contributed by atoms with van der Waals surface area (Å²) in [6.45, 7) is 0. The van der Waals surface area contributed by atoms with Gasteiger partial charge in [-0.05, 0) is 24.3 Å². The summed E-state index contributed by atoms with van der Waals surface area (Å²) in [5, 5.41) is 3.39. The van der Waals surface area contributed by atoms with Gasteiger partial charge < -0.3 is 14.6 Å². The van der Waals surface area contributed by atoms with Gasteiger partial charge in [0.25, 0.3) is 11.8 Å². The Morgan fingerprint density at radius 3 is 2.45 bits per heavy atom. The summed E-state index contributed by atoms with van der Waals surface area (Å²) in [5.41, 5.74) is 1.37. The van der Waals surface area contributed by atoms with Crippen LogP contribution < -0.4 is 5.32 Å². The Kier molecular flexibility index (Phi) is 5.68. The number of halogens is 1. The van der Waals surface area contributed by atoms with Gasteiger partial charge in [0.15, 0.2) is 15.6 Å². The lowest BCUT2D eigenvalue weighted by Crippen LogP contribution is -2.22. The SMILES string of the molecule is CN(C)C(=O)c1ccc(NC(=O)c2oc3ccccc3c2CS(C)(=O)=O)cc1Cl. The van der Waals surface area contributed by atoms with Crippen molar-refractivity contribution in [3.05, 3.63) is 64.4 Å². The summed E-state index contributed by atoms with van der Waals surface area (Å²) in [7, 11) is -0.180. The number of nitrogens with one attached hydrogen (secondary N) is 1. The third-order valence-corrected chi connectivity index (χ3v) is 5.30. The number of carbonyl (C=O) groups is 2. The molecule has 0 unspecified atom stereocenters. The highest BCUT2D eigenvalue weighted by atomic mass is 35.5. The summed E-state index contributed by atoms with van der Waals surface area (Å²) < 4.78 is 29.3. The van der Waals surface area contributed by atoms with Gasteiger partial charge in [-0.25, -0.2) is 8.42 Å². The molecule has 152 valence electrons. The second-order valence-corrected chi connectivity index (χ2v) is 9.37. The second kappa shape index (κ2) is 7.88. The van der Waals surface area contributed by atoms with Crippen molar-refractivity contribution >= 4 is 49.9 Å². The average molecular weight is 435 g/mol. The molecule has 1 heterocycles. The molecule has 0 saturated heterocycles. The molecule has 1 N–H and O–H groups in total. The smallest absolute Gasteiger partial charge is 0.291 e. The maximum Gasteiger partial charge on any atom is 0.291 e. The van der Waals surface area contributed by atoms with Crippen molar-refractivity contribution in [1.82, 2.24) is 4.90 Å². The van der Waals surface area contributed by atoms with Crippen LogP contribution in [0, 0.1) is 0 Å². The van der Waals surface area contributed by atoms with E-state index in [-0.39, 0.29) is 22.4 Å². The fourth-order valence-electron chi connectivity index (χ4n) is 2.88. The van der Waals surface area contributed by atoms with E-state index in [0.29, 0.717) is 27.8 Å². The van der Waals surface area contributed by atoms with Crippen molar-refractivity contribution in [2.24, 2.45) is 0 Å². The lowest BCUT2D eigenvalue weighted by Gasteiger charge is -2.12. The van der Waals surface area contributed by atoms with Crippen molar-refractivity contribution in [2.45, 2.75) is 5.75 Å². The predicted octanol–water partition coefficient (Wildman–Crippen LogP) is 3.58. The molecular weight excluding hydrogens is 416 g/mol. The van der Waals surface area contributed by atoms with Gasteiger partial charge in [0, 0.05) is 37.0 Å². The van der Waals surface area contributed by atoms with Gasteiger partial charge in [-0.1, -0.05) is 29.8 Å². The van der Waals surface area contributed by atoms with Gasteiger partial charge in [0.1, 0.15) is 5.58 Å². The van der Waals surface area contributed by atoms with Crippen molar-refractivity contribution in [3.8, 4) is 0 Å². The molecule has 0 bridgehead atoms. The molecule has 2 amide bonds. The Morgan fingerprint density at radius 1 is 1.14 bits per heavy atom. The minimum absolute atomic E-state index is 0.0822. The van der Waals surface area contributed by atoms with Crippen LogP contribution in [0.5, 0.6) is 0 Å². The largest absolute Gasteiger partial charge is 0.451 e. The normalized spacial score (nSPS) is 11.4. The predicted molar refractivity (Wildman–Crippen MR) is 112 cm³/mol. The Morgan fingerprint density at radius 2 is 1.83 bits per heavy atom. The third kappa shape index (κ3) is 4.60. The topological polar surface area (TPSA) is 96.7 Å². The second-order valence-electron chi connectivity index (χ2n) is 6.82. The van der Waals surface area contributed by atoms with Crippen LogP contribution >= 0.6 is 11.6 Å². The van der Waals surface area contributed by atoms with Crippen molar-refractivity contribution in [1.29, 1.82) is 0 Å². The van der Waals surface area contributed by atoms with Gasteiger partial charge in [-0.15, -0.1) is 0 Å². The zero-order valence-corrected chi connectivity index (χ0v) is 17.6. The molecule has 3 rings (SSSR count). The van der Waals surface area contributed by atoms with E-state index in [1.807, 2.05) is 0 Å². The number of carbonyl (C=O) groups excluding carboxylic acids is 2. The first-order valence-corrected chi connectivity index (χ1v) is 11.0. The number of fused-ring (bicyclic) bond motifs is 1. The molecule has 0 atom stereocenters. The van der Waals surface area contributed by atoms with E-state index in [1.165, 1.54) is 17.0 Å². The molecule has 0 saturated carbocycles. The van der Waals surface area contributed by atoms with E-state index in [0.717, 1.165) is 6.26 Å². The van der Waals surface area contributed by atoms with E-state index < -0.39 is 15.7 Å². The van der Waals surface area contributed by atoms with Gasteiger partial charge >= 0.3 is 0 Å². The molecular formula is C20H19ClN2O5S. The van der Waals surface area contributed by atoms with Gasteiger partial charge in [-0.2, -0.15) is 0 Å². The molecule has 29 heavy (non-hydrogen) atoms. The molecule has 0 aliphatic rings. The monoisotopic (exact) mass is 434 g/mol. The number of para-hydroxylation sites is 1. The third-order valence-electron chi connectivity index (χ3n) is 4.17. The Labute approximate surface area is 173 Å². The Hall–Kier alpha value is -2.84. The lowest BCUT2D eigenvalue weighted by molar-refractivity contribution is 0.0827. The number of hydrogen-bond acceptors (Lipinski definition) is 5. The summed E-state index contributed by atoms with van der Waals surface area (Å²) in [5.74, 6) is -1.28. The summed E-state index contributed by atoms with van der Waals surface area (Å²) in [4.78, 5) is 26.3. The highest BCUT2D eigenvalue weighted by Gasteiger charge is 2.24. The Balaban J connectivity index is 1.95. The van der Waals surface area contributed by atoms with Gasteiger partial charge in [0.05, 0.1) is 16.3 Å². The summed E-state index contributed by atoms with van der Waals surface area (Å²) in [6, 6.07) is 11.3. The first kappa shape index (κ1) is 20.9. The number of anilines is 1. The molecule has 0 fully saturated rings. The molecule has 9 heteroatoms. The average Bonchev–Trinajstić information content (AvgIpc) is 2.98. The van der Waals surface area contributed by atoms with Crippen LogP contribution in [0.15, 0.2) is 46.9 Å². The van der Waals surface area contributed by atoms with E-state index in [4.69, 9.17) is 16.0 Å². The van der Waals surface area contributed by atoms with Crippen LogP contribution in [-0.2, 0) is 15.6 Å². The fourth-order valence-corrected chi connectivity index (χ4v) is 3.96.